The molecular formula is C18H18F2N2O3S. The number of halogens is 2. The van der Waals surface area contributed by atoms with E-state index in [9.17, 15) is 22.0 Å². The van der Waals surface area contributed by atoms with Gasteiger partial charge in [-0.25, -0.2) is 17.2 Å². The Kier molecular flexibility index (Phi) is 4.95. The van der Waals surface area contributed by atoms with Crippen LogP contribution in [0.3, 0.4) is 0 Å². The van der Waals surface area contributed by atoms with Gasteiger partial charge in [0.15, 0.2) is 0 Å². The molecule has 138 valence electrons. The van der Waals surface area contributed by atoms with Crippen LogP contribution in [0.4, 0.5) is 20.2 Å². The summed E-state index contributed by atoms with van der Waals surface area (Å²) in [6.07, 6.45) is 2.47. The van der Waals surface area contributed by atoms with Crippen molar-refractivity contribution in [1.82, 2.24) is 0 Å². The van der Waals surface area contributed by atoms with Crippen molar-refractivity contribution in [2.75, 3.05) is 15.9 Å². The third kappa shape index (κ3) is 4.37. The smallest absolute Gasteiger partial charge is 0.232 e. The second kappa shape index (κ2) is 7.03. The third-order valence-electron chi connectivity index (χ3n) is 3.98. The average Bonchev–Trinajstić information content (AvgIpc) is 3.35. The molecule has 0 heterocycles. The van der Waals surface area contributed by atoms with Gasteiger partial charge in [-0.3, -0.25) is 9.10 Å². The summed E-state index contributed by atoms with van der Waals surface area (Å²) in [6.45, 7) is 0. The normalized spacial score (nSPS) is 14.1. The molecule has 1 aliphatic carbocycles. The fourth-order valence-electron chi connectivity index (χ4n) is 2.74. The van der Waals surface area contributed by atoms with Crippen molar-refractivity contribution < 1.29 is 22.0 Å². The molecule has 0 aromatic heterocycles. The lowest BCUT2D eigenvalue weighted by atomic mass is 10.1. The summed E-state index contributed by atoms with van der Waals surface area (Å²) < 4.78 is 52.1. The van der Waals surface area contributed by atoms with Gasteiger partial charge in [0.1, 0.15) is 11.6 Å². The number of nitrogens with zero attached hydrogens (tertiary/aromatic N) is 1. The summed E-state index contributed by atoms with van der Waals surface area (Å²) in [5, 5.41) is 2.57. The number of nitrogens with one attached hydrogen (secondary N) is 1. The maximum Gasteiger partial charge on any atom is 0.232 e. The zero-order valence-corrected chi connectivity index (χ0v) is 14.9. The molecule has 2 aromatic carbocycles. The highest BCUT2D eigenvalue weighted by molar-refractivity contribution is 7.92. The summed E-state index contributed by atoms with van der Waals surface area (Å²) in [7, 11) is -3.57. The van der Waals surface area contributed by atoms with Gasteiger partial charge in [-0.2, -0.15) is 0 Å². The van der Waals surface area contributed by atoms with Crippen LogP contribution in [0.2, 0.25) is 0 Å². The van der Waals surface area contributed by atoms with Crippen molar-refractivity contribution >= 4 is 27.3 Å². The Hall–Kier alpha value is -2.48. The minimum atomic E-state index is -3.57. The van der Waals surface area contributed by atoms with Gasteiger partial charge in [0, 0.05) is 6.04 Å². The Balaban J connectivity index is 1.86. The molecule has 0 saturated heterocycles. The van der Waals surface area contributed by atoms with Crippen molar-refractivity contribution in [2.24, 2.45) is 0 Å². The second-order valence-corrected chi connectivity index (χ2v) is 8.16. The van der Waals surface area contributed by atoms with Crippen molar-refractivity contribution in [3.05, 3.63) is 59.7 Å². The summed E-state index contributed by atoms with van der Waals surface area (Å²) >= 11 is 0. The molecule has 3 rings (SSSR count). The molecule has 1 fully saturated rings. The lowest BCUT2D eigenvalue weighted by molar-refractivity contribution is -0.115. The quantitative estimate of drug-likeness (QED) is 0.838. The van der Waals surface area contributed by atoms with Crippen LogP contribution < -0.4 is 9.62 Å². The summed E-state index contributed by atoms with van der Waals surface area (Å²) in [4.78, 5) is 12.3. The fraction of sp³-hybridized carbons (Fsp3) is 0.278. The minimum Gasteiger partial charge on any atom is -0.324 e. The Morgan fingerprint density at radius 2 is 1.73 bits per heavy atom. The van der Waals surface area contributed by atoms with E-state index in [0.717, 1.165) is 18.4 Å². The monoisotopic (exact) mass is 380 g/mol. The van der Waals surface area contributed by atoms with Gasteiger partial charge >= 0.3 is 0 Å². The molecule has 1 saturated carbocycles. The third-order valence-corrected chi connectivity index (χ3v) is 5.19. The van der Waals surface area contributed by atoms with Gasteiger partial charge in [-0.1, -0.05) is 12.1 Å². The fourth-order valence-corrected chi connectivity index (χ4v) is 4.01. The Morgan fingerprint density at radius 3 is 2.31 bits per heavy atom. The molecule has 1 aliphatic rings. The summed E-state index contributed by atoms with van der Waals surface area (Å²) in [5.74, 6) is -1.45. The van der Waals surface area contributed by atoms with E-state index in [-0.39, 0.29) is 23.8 Å². The second-order valence-electron chi connectivity index (χ2n) is 6.30. The molecular weight excluding hydrogens is 362 g/mol. The number of anilines is 2. The Morgan fingerprint density at radius 1 is 1.12 bits per heavy atom. The summed E-state index contributed by atoms with van der Waals surface area (Å²) in [6, 6.07) is 8.88. The first-order chi connectivity index (χ1) is 12.2. The van der Waals surface area contributed by atoms with Gasteiger partial charge in [0.2, 0.25) is 15.9 Å². The Labute approximate surface area is 150 Å². The number of hydrogen-bond acceptors (Lipinski definition) is 3. The van der Waals surface area contributed by atoms with Crippen LogP contribution in [-0.4, -0.2) is 26.6 Å². The van der Waals surface area contributed by atoms with Gasteiger partial charge < -0.3 is 5.32 Å². The first-order valence-electron chi connectivity index (χ1n) is 8.07. The lowest BCUT2D eigenvalue weighted by Gasteiger charge is -2.25. The molecule has 0 spiro atoms. The molecule has 5 nitrogen and oxygen atoms in total. The van der Waals surface area contributed by atoms with E-state index >= 15 is 0 Å². The van der Waals surface area contributed by atoms with E-state index in [1.54, 1.807) is 0 Å². The van der Waals surface area contributed by atoms with Crippen LogP contribution >= 0.6 is 0 Å². The number of benzene rings is 2. The van der Waals surface area contributed by atoms with Crippen molar-refractivity contribution in [2.45, 2.75) is 25.3 Å². The van der Waals surface area contributed by atoms with E-state index in [1.807, 2.05) is 0 Å². The number of carbonyl (C=O) groups is 1. The molecule has 2 aromatic rings. The summed E-state index contributed by atoms with van der Waals surface area (Å²) in [5.41, 5.74) is 0.919. The van der Waals surface area contributed by atoms with Crippen molar-refractivity contribution in [3.63, 3.8) is 0 Å². The van der Waals surface area contributed by atoms with Gasteiger partial charge in [-0.05, 0) is 48.7 Å². The molecule has 0 aliphatic heterocycles. The van der Waals surface area contributed by atoms with E-state index in [0.29, 0.717) is 18.4 Å². The van der Waals surface area contributed by atoms with Crippen LogP contribution in [0.25, 0.3) is 0 Å². The maximum absolute atomic E-state index is 13.7. The molecule has 0 unspecified atom stereocenters. The molecule has 1 amide bonds. The van der Waals surface area contributed by atoms with Crippen LogP contribution in [-0.2, 0) is 21.2 Å². The van der Waals surface area contributed by atoms with E-state index < -0.39 is 27.6 Å². The highest BCUT2D eigenvalue weighted by atomic mass is 32.2. The minimum absolute atomic E-state index is 0.0431. The zero-order valence-electron chi connectivity index (χ0n) is 14.1. The average molecular weight is 380 g/mol. The standard InChI is InChI=1S/C18H18F2N2O3S/c1-26(24,25)22(15-7-8-15)17-9-6-14(20)11-16(17)21-18(23)10-12-2-4-13(19)5-3-12/h2-6,9,11,15H,7-8,10H2,1H3,(H,21,23). The molecule has 8 heteroatoms. The van der Waals surface area contributed by atoms with E-state index in [4.69, 9.17) is 0 Å². The number of carbonyl (C=O) groups excluding carboxylic acids is 1. The number of sulfonamides is 1. The first-order valence-corrected chi connectivity index (χ1v) is 9.92. The van der Waals surface area contributed by atoms with Gasteiger partial charge in [0.05, 0.1) is 24.1 Å². The highest BCUT2D eigenvalue weighted by Crippen LogP contribution is 2.38. The van der Waals surface area contributed by atoms with Crippen LogP contribution in [0.15, 0.2) is 42.5 Å². The maximum atomic E-state index is 13.7. The van der Waals surface area contributed by atoms with Crippen LogP contribution in [0.1, 0.15) is 18.4 Å². The number of rotatable bonds is 6. The van der Waals surface area contributed by atoms with Crippen LogP contribution in [0, 0.1) is 11.6 Å². The first kappa shape index (κ1) is 18.3. The molecule has 1 N–H and O–H groups in total. The Bertz CT molecular complexity index is 926. The van der Waals surface area contributed by atoms with Gasteiger partial charge in [-0.15, -0.1) is 0 Å². The lowest BCUT2D eigenvalue weighted by Crippen LogP contribution is -2.33. The molecule has 26 heavy (non-hydrogen) atoms. The SMILES string of the molecule is CS(=O)(=O)N(c1ccc(F)cc1NC(=O)Cc1ccc(F)cc1)C1CC1. The number of amides is 1. The van der Waals surface area contributed by atoms with E-state index in [2.05, 4.69) is 5.32 Å². The molecule has 0 radical (unpaired) electrons. The topological polar surface area (TPSA) is 66.5 Å². The predicted octanol–water partition coefficient (Wildman–Crippen LogP) is 3.07. The largest absolute Gasteiger partial charge is 0.324 e. The van der Waals surface area contributed by atoms with E-state index in [1.165, 1.54) is 34.6 Å². The van der Waals surface area contributed by atoms with Gasteiger partial charge in [0.25, 0.3) is 0 Å². The van der Waals surface area contributed by atoms with Crippen LogP contribution in [0.5, 0.6) is 0 Å². The number of hydrogen-bond donors (Lipinski definition) is 1. The zero-order chi connectivity index (χ0) is 18.9. The highest BCUT2D eigenvalue weighted by Gasteiger charge is 2.36. The van der Waals surface area contributed by atoms with Crippen molar-refractivity contribution in [3.8, 4) is 0 Å². The molecule has 0 atom stereocenters. The predicted molar refractivity (Wildman–Crippen MR) is 95.5 cm³/mol. The van der Waals surface area contributed by atoms with Crippen molar-refractivity contribution in [1.29, 1.82) is 0 Å². The molecule has 0 bridgehead atoms.